The van der Waals surface area contributed by atoms with E-state index in [-0.39, 0.29) is 72.2 Å². The Kier molecular flexibility index (Phi) is 13.9. The zero-order chi connectivity index (χ0) is 44.0. The number of nitriles is 1. The number of aryl methyl sites for hydroxylation is 1. The number of benzene rings is 1. The first kappa shape index (κ1) is 46.7. The highest BCUT2D eigenvalue weighted by molar-refractivity contribution is 7.98. The van der Waals surface area contributed by atoms with Gasteiger partial charge < -0.3 is 15.0 Å². The van der Waals surface area contributed by atoms with Crippen molar-refractivity contribution in [3.8, 4) is 6.07 Å². The van der Waals surface area contributed by atoms with Crippen molar-refractivity contribution >= 4 is 70.6 Å². The van der Waals surface area contributed by atoms with Crippen LogP contribution in [0.25, 0.3) is 10.9 Å². The van der Waals surface area contributed by atoms with Gasteiger partial charge in [0.05, 0.1) is 47.6 Å². The van der Waals surface area contributed by atoms with Crippen molar-refractivity contribution in [2.45, 2.75) is 113 Å². The third kappa shape index (κ3) is 9.42. The number of anilines is 1. The molecule has 1 saturated carbocycles. The fourth-order valence-electron chi connectivity index (χ4n) is 9.19. The summed E-state index contributed by atoms with van der Waals surface area (Å²) in [6, 6.07) is 6.96. The van der Waals surface area contributed by atoms with Crippen molar-refractivity contribution in [1.29, 1.82) is 5.26 Å². The molecule has 16 nitrogen and oxygen atoms in total. The van der Waals surface area contributed by atoms with Gasteiger partial charge in [-0.25, -0.2) is 9.78 Å². The molecule has 0 spiro atoms. The number of alkyl halides is 3. The van der Waals surface area contributed by atoms with E-state index < -0.39 is 40.8 Å². The van der Waals surface area contributed by atoms with E-state index in [4.69, 9.17) is 10.00 Å². The first-order chi connectivity index (χ1) is 28.9. The summed E-state index contributed by atoms with van der Waals surface area (Å²) >= 11 is 0.569. The van der Waals surface area contributed by atoms with Crippen LogP contribution < -0.4 is 10.6 Å². The number of halogens is 4. The maximum absolute atomic E-state index is 13.6. The molecule has 3 saturated heterocycles. The molecule has 3 aliphatic heterocycles. The van der Waals surface area contributed by atoms with Crippen LogP contribution in [0, 0.1) is 11.3 Å². The Labute approximate surface area is 367 Å². The average Bonchev–Trinajstić information content (AvgIpc) is 3.62. The Hall–Kier alpha value is -4.81. The van der Waals surface area contributed by atoms with Gasteiger partial charge in [0, 0.05) is 79.7 Å². The van der Waals surface area contributed by atoms with Crippen molar-refractivity contribution in [3.63, 3.8) is 0 Å². The van der Waals surface area contributed by atoms with Gasteiger partial charge in [-0.15, -0.1) is 12.4 Å². The molecule has 7 rings (SSSR count). The summed E-state index contributed by atoms with van der Waals surface area (Å²) in [7, 11) is 1.77. The standard InChI is InChI=1S/C41H49F3N10O6S.ClH/c1-23-20-51(21-24(2)52(23)22-34(56)47-31-8-6-7-28-35(49-50(5)36(28)31)29-13-14-33(55)48-37(29)57)15-16-60-26-11-9-25(10-12-26)53-39(59)54(38(58)40(53,3)4)61-27-17-30(41(42,43)44)32(18-45)46-19-27;/h6-8,17,19,23-26,29H,9-16,20-22H2,1-5H3,(H,47,56)(H,48,55,57);1H/t23-,24+,25?,26?,29?;. The van der Waals surface area contributed by atoms with Gasteiger partial charge in [0.15, 0.2) is 5.69 Å². The number of piperidine rings is 1. The van der Waals surface area contributed by atoms with Crippen LogP contribution in [0.1, 0.15) is 89.1 Å². The first-order valence-electron chi connectivity index (χ1n) is 20.4. The summed E-state index contributed by atoms with van der Waals surface area (Å²) in [6.07, 6.45) is -0.686. The third-order valence-electron chi connectivity index (χ3n) is 12.2. The Morgan fingerprint density at radius 3 is 2.42 bits per heavy atom. The summed E-state index contributed by atoms with van der Waals surface area (Å²) in [4.78, 5) is 74.4. The molecule has 62 heavy (non-hydrogen) atoms. The van der Waals surface area contributed by atoms with Crippen molar-refractivity contribution in [3.05, 3.63) is 47.4 Å². The number of para-hydroxylation sites is 1. The highest BCUT2D eigenvalue weighted by Crippen LogP contribution is 2.42. The SMILES string of the molecule is C[C@@H]1CN(CCOC2CCC(N3C(=O)N(Sc4cnc(C#N)c(C(F)(F)F)c4)C(=O)C3(C)C)CC2)C[C@H](C)N1CC(=O)Nc1cccc2c(C3CCC(=O)NC3=O)nn(C)c12.Cl. The van der Waals surface area contributed by atoms with Crippen LogP contribution in [0.2, 0.25) is 0 Å². The third-order valence-corrected chi connectivity index (χ3v) is 13.1. The molecule has 334 valence electrons. The molecule has 4 fully saturated rings. The van der Waals surface area contributed by atoms with Gasteiger partial charge in [0.25, 0.3) is 5.91 Å². The van der Waals surface area contributed by atoms with Crippen molar-refractivity contribution in [1.82, 2.24) is 39.1 Å². The van der Waals surface area contributed by atoms with Crippen LogP contribution >= 0.6 is 24.4 Å². The zero-order valence-electron chi connectivity index (χ0n) is 35.0. The number of piperazine rings is 1. The van der Waals surface area contributed by atoms with E-state index >= 15 is 0 Å². The number of hydrogen-bond donors (Lipinski definition) is 2. The van der Waals surface area contributed by atoms with E-state index in [0.29, 0.717) is 74.1 Å². The van der Waals surface area contributed by atoms with Crippen molar-refractivity contribution in [2.75, 3.05) is 38.1 Å². The molecule has 2 N–H and O–H groups in total. The second-order valence-corrected chi connectivity index (χ2v) is 17.8. The van der Waals surface area contributed by atoms with Crippen LogP contribution in [0.3, 0.4) is 0 Å². The minimum Gasteiger partial charge on any atom is -0.377 e. The highest BCUT2D eigenvalue weighted by Gasteiger charge is 2.55. The Morgan fingerprint density at radius 1 is 1.08 bits per heavy atom. The second kappa shape index (κ2) is 18.5. The zero-order valence-corrected chi connectivity index (χ0v) is 36.7. The number of fused-ring (bicyclic) bond motifs is 1. The fourth-order valence-corrected chi connectivity index (χ4v) is 10.1. The van der Waals surface area contributed by atoms with Crippen LogP contribution in [-0.4, -0.2) is 126 Å². The summed E-state index contributed by atoms with van der Waals surface area (Å²) in [5.74, 6) is -1.93. The lowest BCUT2D eigenvalue weighted by Gasteiger charge is -2.44. The minimum atomic E-state index is -4.83. The molecule has 1 unspecified atom stereocenters. The summed E-state index contributed by atoms with van der Waals surface area (Å²) < 4.78 is 49.5. The highest BCUT2D eigenvalue weighted by atomic mass is 35.5. The molecule has 0 radical (unpaired) electrons. The van der Waals surface area contributed by atoms with Gasteiger partial charge in [-0.2, -0.15) is 27.8 Å². The number of imide groups is 2. The monoisotopic (exact) mass is 902 g/mol. The molecule has 5 heterocycles. The number of amides is 6. The van der Waals surface area contributed by atoms with Gasteiger partial charge in [-0.3, -0.25) is 39.0 Å². The van der Waals surface area contributed by atoms with Gasteiger partial charge in [-0.05, 0) is 71.9 Å². The minimum absolute atomic E-state index is 0. The van der Waals surface area contributed by atoms with E-state index in [9.17, 15) is 37.1 Å². The number of carbonyl (C=O) groups is 5. The number of nitrogens with zero attached hydrogens (tertiary/aromatic N) is 8. The normalized spacial score (nSPS) is 24.9. The van der Waals surface area contributed by atoms with E-state index in [1.54, 1.807) is 25.6 Å². The largest absolute Gasteiger partial charge is 0.419 e. The number of carbonyl (C=O) groups excluding carboxylic acids is 5. The van der Waals surface area contributed by atoms with Crippen LogP contribution in [-0.2, 0) is 37.1 Å². The predicted molar refractivity (Wildman–Crippen MR) is 224 cm³/mol. The summed E-state index contributed by atoms with van der Waals surface area (Å²) in [5, 5.41) is 19.9. The van der Waals surface area contributed by atoms with Gasteiger partial charge in [0.1, 0.15) is 11.6 Å². The summed E-state index contributed by atoms with van der Waals surface area (Å²) in [6.45, 7) is 10.3. The first-order valence-corrected chi connectivity index (χ1v) is 21.2. The molecule has 1 aromatic carbocycles. The van der Waals surface area contributed by atoms with Gasteiger partial charge in [0.2, 0.25) is 17.7 Å². The molecular formula is C41H50ClF3N10O6S. The van der Waals surface area contributed by atoms with E-state index in [1.807, 2.05) is 18.2 Å². The molecule has 6 amide bonds. The number of nitrogens with one attached hydrogen (secondary N) is 2. The van der Waals surface area contributed by atoms with Crippen molar-refractivity contribution < 1.29 is 41.9 Å². The van der Waals surface area contributed by atoms with E-state index in [1.165, 1.54) is 11.0 Å². The maximum atomic E-state index is 13.6. The van der Waals surface area contributed by atoms with Crippen LogP contribution in [0.15, 0.2) is 35.4 Å². The number of rotatable bonds is 11. The Bertz CT molecular complexity index is 2270. The lowest BCUT2D eigenvalue weighted by Crippen LogP contribution is -2.58. The van der Waals surface area contributed by atoms with Crippen LogP contribution in [0.4, 0.5) is 23.7 Å². The number of pyridine rings is 1. The number of urea groups is 1. The molecule has 4 aliphatic rings. The smallest absolute Gasteiger partial charge is 0.377 e. The van der Waals surface area contributed by atoms with Gasteiger partial charge >= 0.3 is 12.2 Å². The van der Waals surface area contributed by atoms with E-state index in [0.717, 1.165) is 35.0 Å². The Morgan fingerprint density at radius 2 is 1.77 bits per heavy atom. The second-order valence-electron chi connectivity index (χ2n) is 16.8. The fraction of sp³-hybridized carbons (Fsp3) is 0.561. The van der Waals surface area contributed by atoms with Crippen molar-refractivity contribution in [2.24, 2.45) is 7.05 Å². The lowest BCUT2D eigenvalue weighted by molar-refractivity contribution is -0.138. The molecule has 1 aliphatic carbocycles. The van der Waals surface area contributed by atoms with Crippen LogP contribution in [0.5, 0.6) is 0 Å². The lowest BCUT2D eigenvalue weighted by atomic mass is 9.89. The molecule has 0 bridgehead atoms. The predicted octanol–water partition coefficient (Wildman–Crippen LogP) is 5.21. The molecule has 21 heteroatoms. The average molecular weight is 903 g/mol. The quantitative estimate of drug-likeness (QED) is 0.146. The topological polar surface area (TPSA) is 186 Å². The molecule has 3 atom stereocenters. The number of hydrogen-bond acceptors (Lipinski definition) is 12. The molecular weight excluding hydrogens is 853 g/mol. The molecule has 2 aromatic heterocycles. The number of ether oxygens (including phenoxy) is 1. The van der Waals surface area contributed by atoms with Gasteiger partial charge in [-0.1, -0.05) is 12.1 Å². The Balaban J connectivity index is 0.00000641. The number of aromatic nitrogens is 3. The summed E-state index contributed by atoms with van der Waals surface area (Å²) in [5.41, 5.74) is -1.37. The van der Waals surface area contributed by atoms with E-state index in [2.05, 4.69) is 44.4 Å². The maximum Gasteiger partial charge on any atom is 0.419 e. The molecule has 3 aromatic rings.